The Hall–Kier alpha value is -1.32. The zero-order valence-electron chi connectivity index (χ0n) is 11.5. The normalized spacial score (nSPS) is 12.6. The first-order valence-corrected chi connectivity index (χ1v) is 7.27. The molecule has 1 N–H and O–H groups in total. The molecular formula is C16H19ClFNO. The van der Waals surface area contributed by atoms with Crippen molar-refractivity contribution in [2.24, 2.45) is 0 Å². The van der Waals surface area contributed by atoms with Crippen LogP contribution in [0.2, 0.25) is 5.02 Å². The average molecular weight is 296 g/mol. The monoisotopic (exact) mass is 295 g/mol. The lowest BCUT2D eigenvalue weighted by Gasteiger charge is -2.18. The smallest absolute Gasteiger partial charge is 0.145 e. The van der Waals surface area contributed by atoms with Gasteiger partial charge in [0, 0.05) is 12.5 Å². The van der Waals surface area contributed by atoms with Gasteiger partial charge < -0.3 is 9.73 Å². The molecule has 1 atom stereocenters. The topological polar surface area (TPSA) is 25.2 Å². The van der Waals surface area contributed by atoms with E-state index in [4.69, 9.17) is 16.0 Å². The van der Waals surface area contributed by atoms with Gasteiger partial charge in [-0.2, -0.15) is 0 Å². The Labute approximate surface area is 123 Å². The van der Waals surface area contributed by atoms with E-state index in [0.717, 1.165) is 25.1 Å². The molecule has 108 valence electrons. The van der Waals surface area contributed by atoms with Gasteiger partial charge in [0.15, 0.2) is 0 Å². The van der Waals surface area contributed by atoms with E-state index in [1.54, 1.807) is 24.5 Å². The first-order chi connectivity index (χ1) is 9.70. The highest BCUT2D eigenvalue weighted by Crippen LogP contribution is 2.20. The summed E-state index contributed by atoms with van der Waals surface area (Å²) in [6.07, 6.45) is 4.02. The van der Waals surface area contributed by atoms with Crippen molar-refractivity contribution in [2.75, 3.05) is 6.54 Å². The number of hydrogen-bond acceptors (Lipinski definition) is 2. The van der Waals surface area contributed by atoms with Crippen LogP contribution >= 0.6 is 11.6 Å². The summed E-state index contributed by atoms with van der Waals surface area (Å²) < 4.78 is 19.4. The summed E-state index contributed by atoms with van der Waals surface area (Å²) in [7, 11) is 0. The van der Waals surface area contributed by atoms with Crippen molar-refractivity contribution in [3.8, 4) is 0 Å². The largest absolute Gasteiger partial charge is 0.469 e. The molecule has 0 fully saturated rings. The highest BCUT2D eigenvalue weighted by atomic mass is 35.5. The van der Waals surface area contributed by atoms with Gasteiger partial charge in [-0.15, -0.1) is 0 Å². The van der Waals surface area contributed by atoms with E-state index in [1.807, 2.05) is 12.1 Å². The molecule has 0 aliphatic heterocycles. The molecule has 0 bridgehead atoms. The van der Waals surface area contributed by atoms with Crippen molar-refractivity contribution < 1.29 is 8.81 Å². The molecule has 0 saturated heterocycles. The summed E-state index contributed by atoms with van der Waals surface area (Å²) >= 11 is 5.83. The Balaban J connectivity index is 2.08. The van der Waals surface area contributed by atoms with Crippen LogP contribution in [0, 0.1) is 5.82 Å². The van der Waals surface area contributed by atoms with Gasteiger partial charge in [-0.1, -0.05) is 30.7 Å². The molecule has 0 radical (unpaired) electrons. The first kappa shape index (κ1) is 15.1. The number of hydrogen-bond donors (Lipinski definition) is 1. The Morgan fingerprint density at radius 1 is 1.25 bits per heavy atom. The quantitative estimate of drug-likeness (QED) is 0.827. The molecule has 0 aliphatic carbocycles. The van der Waals surface area contributed by atoms with Crippen LogP contribution in [0.4, 0.5) is 4.39 Å². The third kappa shape index (κ3) is 4.09. The second-order valence-electron chi connectivity index (χ2n) is 4.85. The van der Waals surface area contributed by atoms with Gasteiger partial charge in [-0.05, 0) is 43.1 Å². The van der Waals surface area contributed by atoms with Gasteiger partial charge in [0.05, 0.1) is 11.3 Å². The van der Waals surface area contributed by atoms with Gasteiger partial charge in [0.1, 0.15) is 11.6 Å². The fourth-order valence-electron chi connectivity index (χ4n) is 2.21. The summed E-state index contributed by atoms with van der Waals surface area (Å²) in [5.74, 6) is 0.581. The van der Waals surface area contributed by atoms with Crippen molar-refractivity contribution in [1.29, 1.82) is 0 Å². The lowest BCUT2D eigenvalue weighted by molar-refractivity contribution is 0.434. The van der Waals surface area contributed by atoms with Crippen LogP contribution in [0.3, 0.4) is 0 Å². The van der Waals surface area contributed by atoms with E-state index < -0.39 is 0 Å². The van der Waals surface area contributed by atoms with Crippen molar-refractivity contribution in [2.45, 2.75) is 32.2 Å². The van der Waals surface area contributed by atoms with Crippen LogP contribution in [0.1, 0.15) is 24.7 Å². The van der Waals surface area contributed by atoms with E-state index in [0.29, 0.717) is 12.0 Å². The Morgan fingerprint density at radius 2 is 2.10 bits per heavy atom. The molecule has 2 nitrogen and oxygen atoms in total. The summed E-state index contributed by atoms with van der Waals surface area (Å²) in [6, 6.07) is 9.07. The minimum absolute atomic E-state index is 0.133. The van der Waals surface area contributed by atoms with E-state index in [2.05, 4.69) is 12.2 Å². The molecule has 1 heterocycles. The Bertz CT molecular complexity index is 527. The number of nitrogens with one attached hydrogen (secondary N) is 1. The van der Waals surface area contributed by atoms with Crippen molar-refractivity contribution in [1.82, 2.24) is 5.32 Å². The van der Waals surface area contributed by atoms with Crippen LogP contribution in [0.25, 0.3) is 0 Å². The average Bonchev–Trinajstić information content (AvgIpc) is 2.94. The molecule has 1 aromatic heterocycles. The summed E-state index contributed by atoms with van der Waals surface area (Å²) in [4.78, 5) is 0. The zero-order valence-corrected chi connectivity index (χ0v) is 12.3. The number of rotatable bonds is 7. The van der Waals surface area contributed by atoms with Crippen LogP contribution in [0.15, 0.2) is 41.0 Å². The van der Waals surface area contributed by atoms with Crippen LogP contribution in [0.5, 0.6) is 0 Å². The molecule has 2 aromatic rings. The minimum atomic E-state index is -0.322. The van der Waals surface area contributed by atoms with Gasteiger partial charge in [0.2, 0.25) is 0 Å². The summed E-state index contributed by atoms with van der Waals surface area (Å²) in [5.41, 5.74) is 0.637. The zero-order chi connectivity index (χ0) is 14.4. The molecule has 0 aliphatic rings. The van der Waals surface area contributed by atoms with E-state index in [9.17, 15) is 4.39 Å². The molecule has 4 heteroatoms. The molecule has 0 amide bonds. The second kappa shape index (κ2) is 7.46. The summed E-state index contributed by atoms with van der Waals surface area (Å²) in [6.45, 7) is 3.00. The van der Waals surface area contributed by atoms with Crippen molar-refractivity contribution in [3.05, 3.63) is 58.8 Å². The van der Waals surface area contributed by atoms with Crippen LogP contribution in [-0.2, 0) is 12.8 Å². The highest BCUT2D eigenvalue weighted by Gasteiger charge is 2.15. The Kier molecular flexibility index (Phi) is 5.62. The predicted octanol–water partition coefficient (Wildman–Crippen LogP) is 4.23. The van der Waals surface area contributed by atoms with Gasteiger partial charge in [0.25, 0.3) is 0 Å². The van der Waals surface area contributed by atoms with Crippen LogP contribution < -0.4 is 5.32 Å². The number of furan rings is 1. The maximum absolute atomic E-state index is 14.0. The van der Waals surface area contributed by atoms with Crippen LogP contribution in [-0.4, -0.2) is 12.6 Å². The molecule has 1 unspecified atom stereocenters. The molecule has 0 spiro atoms. The number of halogens is 2. The maximum atomic E-state index is 14.0. The lowest BCUT2D eigenvalue weighted by Crippen LogP contribution is -2.34. The second-order valence-corrected chi connectivity index (χ2v) is 5.26. The third-order valence-corrected chi connectivity index (χ3v) is 3.50. The van der Waals surface area contributed by atoms with E-state index in [-0.39, 0.29) is 16.9 Å². The first-order valence-electron chi connectivity index (χ1n) is 6.89. The fraction of sp³-hybridized carbons (Fsp3) is 0.375. The fourth-order valence-corrected chi connectivity index (χ4v) is 2.40. The van der Waals surface area contributed by atoms with Gasteiger partial charge in [-0.3, -0.25) is 0 Å². The standard InChI is InChI=1S/C16H19ClFNO/c1-2-8-19-13(11-14-6-4-9-20-14)10-12-5-3-7-15(17)16(12)18/h3-7,9,13,19H,2,8,10-11H2,1H3. The molecule has 2 rings (SSSR count). The van der Waals surface area contributed by atoms with Crippen molar-refractivity contribution >= 4 is 11.6 Å². The lowest BCUT2D eigenvalue weighted by atomic mass is 10.0. The van der Waals surface area contributed by atoms with E-state index >= 15 is 0 Å². The molecule has 1 aromatic carbocycles. The highest BCUT2D eigenvalue weighted by molar-refractivity contribution is 6.30. The van der Waals surface area contributed by atoms with E-state index in [1.165, 1.54) is 0 Å². The molecule has 0 saturated carbocycles. The molecule has 20 heavy (non-hydrogen) atoms. The summed E-state index contributed by atoms with van der Waals surface area (Å²) in [5, 5.41) is 3.61. The minimum Gasteiger partial charge on any atom is -0.469 e. The third-order valence-electron chi connectivity index (χ3n) is 3.21. The predicted molar refractivity (Wildman–Crippen MR) is 79.6 cm³/mol. The van der Waals surface area contributed by atoms with Gasteiger partial charge in [-0.25, -0.2) is 4.39 Å². The van der Waals surface area contributed by atoms with Gasteiger partial charge >= 0.3 is 0 Å². The maximum Gasteiger partial charge on any atom is 0.145 e. The Morgan fingerprint density at radius 3 is 2.80 bits per heavy atom. The SMILES string of the molecule is CCCNC(Cc1ccco1)Cc1cccc(Cl)c1F. The van der Waals surface area contributed by atoms with Crippen molar-refractivity contribution in [3.63, 3.8) is 0 Å². The number of benzene rings is 1. The molecular weight excluding hydrogens is 277 g/mol.